The Labute approximate surface area is 182 Å². The summed E-state index contributed by atoms with van der Waals surface area (Å²) in [6, 6.07) is 18.3. The Morgan fingerprint density at radius 2 is 1.35 bits per heavy atom. The zero-order chi connectivity index (χ0) is 22.8. The van der Waals surface area contributed by atoms with Gasteiger partial charge in [-0.1, -0.05) is 55.1 Å². The molecule has 0 bridgehead atoms. The lowest BCUT2D eigenvalue weighted by Crippen LogP contribution is -2.38. The topological polar surface area (TPSA) is 115 Å². The normalized spacial score (nSPS) is 12.2. The summed E-state index contributed by atoms with van der Waals surface area (Å²) in [5.41, 5.74) is 0.613. The highest BCUT2D eigenvalue weighted by Crippen LogP contribution is 2.26. The Hall–Kier alpha value is -2.75. The van der Waals surface area contributed by atoms with Gasteiger partial charge in [0.25, 0.3) is 5.79 Å². The average Bonchev–Trinajstić information content (AvgIpc) is 2.79. The summed E-state index contributed by atoms with van der Waals surface area (Å²) in [7, 11) is 0. The molecule has 0 saturated carbocycles. The zero-order valence-electron chi connectivity index (χ0n) is 17.4. The SMILES string of the molecule is C=CC(=O)O.OCCOCCOCCOCC(O)(Oc1ccccc1)c1ccccc1. The highest BCUT2D eigenvalue weighted by Gasteiger charge is 2.32. The number of aliphatic hydroxyl groups excluding tert-OH is 1. The average molecular weight is 434 g/mol. The van der Waals surface area contributed by atoms with Crippen molar-refractivity contribution in [3.05, 3.63) is 78.9 Å². The van der Waals surface area contributed by atoms with Crippen LogP contribution >= 0.6 is 0 Å². The first-order valence-electron chi connectivity index (χ1n) is 9.73. The van der Waals surface area contributed by atoms with Crippen molar-refractivity contribution in [3.63, 3.8) is 0 Å². The minimum atomic E-state index is -1.59. The molecule has 1 unspecified atom stereocenters. The zero-order valence-corrected chi connectivity index (χ0v) is 17.4. The fourth-order valence-electron chi connectivity index (χ4n) is 2.27. The van der Waals surface area contributed by atoms with Gasteiger partial charge in [0.2, 0.25) is 0 Å². The minimum Gasteiger partial charge on any atom is -0.478 e. The Balaban J connectivity index is 0.000000861. The number of carboxylic acids is 1. The summed E-state index contributed by atoms with van der Waals surface area (Å²) < 4.78 is 21.8. The van der Waals surface area contributed by atoms with E-state index in [1.165, 1.54) is 0 Å². The van der Waals surface area contributed by atoms with Crippen LogP contribution in [0.2, 0.25) is 0 Å². The first-order valence-corrected chi connectivity index (χ1v) is 9.73. The van der Waals surface area contributed by atoms with Crippen LogP contribution in [0.3, 0.4) is 0 Å². The van der Waals surface area contributed by atoms with E-state index in [1.807, 2.05) is 36.4 Å². The maximum atomic E-state index is 11.0. The number of hydrogen-bond donors (Lipinski definition) is 3. The van der Waals surface area contributed by atoms with Crippen LogP contribution in [0.1, 0.15) is 5.56 Å². The number of rotatable bonds is 14. The molecule has 0 aliphatic heterocycles. The van der Waals surface area contributed by atoms with Crippen molar-refractivity contribution in [2.45, 2.75) is 5.79 Å². The molecule has 0 fully saturated rings. The maximum absolute atomic E-state index is 11.0. The van der Waals surface area contributed by atoms with E-state index in [-0.39, 0.29) is 13.2 Å². The summed E-state index contributed by atoms with van der Waals surface area (Å²) in [6.07, 6.45) is 0.833. The van der Waals surface area contributed by atoms with Crippen molar-refractivity contribution in [1.29, 1.82) is 0 Å². The van der Waals surface area contributed by atoms with Crippen molar-refractivity contribution >= 4 is 5.97 Å². The predicted molar refractivity (Wildman–Crippen MR) is 115 cm³/mol. The highest BCUT2D eigenvalue weighted by molar-refractivity contribution is 5.78. The van der Waals surface area contributed by atoms with Crippen LogP contribution in [0.5, 0.6) is 5.75 Å². The second kappa shape index (κ2) is 16.0. The standard InChI is InChI=1S/C20H26O6.C3H4O2/c21-11-12-23-13-14-24-15-16-25-17-20(22,18-7-3-1-4-8-18)26-19-9-5-2-6-10-19;1-2-3(4)5/h1-10,21-22H,11-17H2;2H,1H2,(H,4,5). The summed E-state index contributed by atoms with van der Waals surface area (Å²) >= 11 is 0. The van der Waals surface area contributed by atoms with Gasteiger partial charge in [0, 0.05) is 11.6 Å². The van der Waals surface area contributed by atoms with Gasteiger partial charge in [0.1, 0.15) is 12.4 Å². The lowest BCUT2D eigenvalue weighted by Gasteiger charge is -2.29. The minimum absolute atomic E-state index is 0.00257. The van der Waals surface area contributed by atoms with Crippen molar-refractivity contribution in [1.82, 2.24) is 0 Å². The van der Waals surface area contributed by atoms with E-state index in [1.54, 1.807) is 24.3 Å². The van der Waals surface area contributed by atoms with Gasteiger partial charge < -0.3 is 34.3 Å². The number of carboxylic acid groups (broad SMARTS) is 1. The van der Waals surface area contributed by atoms with Gasteiger partial charge in [0.05, 0.1) is 39.6 Å². The molecule has 0 heterocycles. The Morgan fingerprint density at radius 1 is 0.871 bits per heavy atom. The number of ether oxygens (including phenoxy) is 4. The van der Waals surface area contributed by atoms with E-state index in [2.05, 4.69) is 6.58 Å². The van der Waals surface area contributed by atoms with Gasteiger partial charge in [-0.25, -0.2) is 4.79 Å². The van der Waals surface area contributed by atoms with Crippen LogP contribution in [0.15, 0.2) is 73.3 Å². The van der Waals surface area contributed by atoms with E-state index in [0.29, 0.717) is 44.3 Å². The van der Waals surface area contributed by atoms with Gasteiger partial charge in [-0.05, 0) is 12.1 Å². The molecule has 0 aromatic heterocycles. The van der Waals surface area contributed by atoms with Crippen molar-refractivity contribution < 1.29 is 39.1 Å². The fourth-order valence-corrected chi connectivity index (χ4v) is 2.27. The number of aliphatic carboxylic acids is 1. The molecular weight excluding hydrogens is 404 g/mol. The third kappa shape index (κ3) is 11.9. The lowest BCUT2D eigenvalue weighted by molar-refractivity contribution is -0.188. The van der Waals surface area contributed by atoms with Gasteiger partial charge in [-0.2, -0.15) is 0 Å². The Kier molecular flexibility index (Phi) is 13.6. The maximum Gasteiger partial charge on any atom is 0.327 e. The molecule has 3 N–H and O–H groups in total. The van der Waals surface area contributed by atoms with Crippen molar-refractivity contribution in [2.24, 2.45) is 0 Å². The molecule has 8 nitrogen and oxygen atoms in total. The quantitative estimate of drug-likeness (QED) is 0.236. The fraction of sp³-hybridized carbons (Fsp3) is 0.348. The lowest BCUT2D eigenvalue weighted by atomic mass is 10.1. The first-order chi connectivity index (χ1) is 15.0. The smallest absolute Gasteiger partial charge is 0.327 e. The van der Waals surface area contributed by atoms with Crippen molar-refractivity contribution in [3.8, 4) is 5.75 Å². The molecule has 0 radical (unpaired) electrons. The van der Waals surface area contributed by atoms with Crippen LogP contribution in [-0.2, 0) is 24.8 Å². The third-order valence-corrected chi connectivity index (χ3v) is 3.71. The number of hydrogen-bond acceptors (Lipinski definition) is 7. The molecule has 2 aromatic rings. The van der Waals surface area contributed by atoms with E-state index in [4.69, 9.17) is 29.2 Å². The second-order valence-corrected chi connectivity index (χ2v) is 6.11. The molecule has 0 aliphatic rings. The van der Waals surface area contributed by atoms with Gasteiger partial charge in [-0.3, -0.25) is 0 Å². The molecule has 2 rings (SSSR count). The van der Waals surface area contributed by atoms with E-state index >= 15 is 0 Å². The van der Waals surface area contributed by atoms with Gasteiger partial charge in [-0.15, -0.1) is 0 Å². The highest BCUT2D eigenvalue weighted by atomic mass is 16.7. The third-order valence-electron chi connectivity index (χ3n) is 3.71. The summed E-state index contributed by atoms with van der Waals surface area (Å²) in [5, 5.41) is 27.2. The Bertz CT molecular complexity index is 723. The molecule has 0 amide bonds. The summed E-state index contributed by atoms with van der Waals surface area (Å²) in [5.74, 6) is -2.02. The van der Waals surface area contributed by atoms with Gasteiger partial charge in [0.15, 0.2) is 0 Å². The molecule has 0 aliphatic carbocycles. The molecule has 31 heavy (non-hydrogen) atoms. The molecule has 0 saturated heterocycles. The van der Waals surface area contributed by atoms with Crippen LogP contribution in [0.4, 0.5) is 0 Å². The first kappa shape index (κ1) is 26.3. The number of aliphatic hydroxyl groups is 2. The number of carbonyl (C=O) groups is 1. The van der Waals surface area contributed by atoms with Crippen LogP contribution in [-0.4, -0.2) is 67.5 Å². The van der Waals surface area contributed by atoms with E-state index < -0.39 is 11.8 Å². The molecule has 2 aromatic carbocycles. The molecule has 170 valence electrons. The molecular formula is C23H30O8. The van der Waals surface area contributed by atoms with Crippen LogP contribution < -0.4 is 4.74 Å². The molecule has 1 atom stereocenters. The van der Waals surface area contributed by atoms with Crippen LogP contribution in [0, 0.1) is 0 Å². The van der Waals surface area contributed by atoms with Crippen LogP contribution in [0.25, 0.3) is 0 Å². The summed E-state index contributed by atoms with van der Waals surface area (Å²) in [4.78, 5) is 9.25. The Morgan fingerprint density at radius 3 is 1.87 bits per heavy atom. The number of benzene rings is 2. The monoisotopic (exact) mass is 434 g/mol. The van der Waals surface area contributed by atoms with E-state index in [9.17, 15) is 9.90 Å². The van der Waals surface area contributed by atoms with E-state index in [0.717, 1.165) is 6.08 Å². The summed E-state index contributed by atoms with van der Waals surface area (Å²) in [6.45, 7) is 4.77. The predicted octanol–water partition coefficient (Wildman–Crippen LogP) is 2.21. The second-order valence-electron chi connectivity index (χ2n) is 6.11. The largest absolute Gasteiger partial charge is 0.478 e. The molecule has 8 heteroatoms. The number of para-hydroxylation sites is 1. The van der Waals surface area contributed by atoms with Crippen molar-refractivity contribution in [2.75, 3.05) is 46.2 Å². The molecule has 0 spiro atoms. The van der Waals surface area contributed by atoms with Gasteiger partial charge >= 0.3 is 5.97 Å².